The zero-order valence-electron chi connectivity index (χ0n) is 11.0. The fourth-order valence-electron chi connectivity index (χ4n) is 1.75. The van der Waals surface area contributed by atoms with Crippen molar-refractivity contribution in [2.45, 2.75) is 13.0 Å². The Hall–Kier alpha value is -2.27. The standard InChI is InChI=1S/C15H15FN2O2/c1-10-3-2-4-13(18-10)15(20)17-9-14(19)11-5-7-12(16)8-6-11/h2-8,14,19H,9H2,1H3,(H,17,20). The molecular weight excluding hydrogens is 259 g/mol. The summed E-state index contributed by atoms with van der Waals surface area (Å²) in [4.78, 5) is 15.9. The lowest BCUT2D eigenvalue weighted by atomic mass is 10.1. The first kappa shape index (κ1) is 14.1. The molecule has 104 valence electrons. The van der Waals surface area contributed by atoms with E-state index < -0.39 is 6.10 Å². The summed E-state index contributed by atoms with van der Waals surface area (Å²) in [5.41, 5.74) is 1.59. The number of hydrogen-bond acceptors (Lipinski definition) is 3. The van der Waals surface area contributed by atoms with Crippen molar-refractivity contribution in [1.82, 2.24) is 10.3 Å². The van der Waals surface area contributed by atoms with E-state index in [4.69, 9.17) is 0 Å². The second kappa shape index (κ2) is 6.25. The Morgan fingerprint density at radius 3 is 2.65 bits per heavy atom. The number of benzene rings is 1. The smallest absolute Gasteiger partial charge is 0.269 e. The molecule has 2 rings (SSSR count). The Morgan fingerprint density at radius 2 is 2.00 bits per heavy atom. The zero-order chi connectivity index (χ0) is 14.5. The fourth-order valence-corrected chi connectivity index (χ4v) is 1.75. The number of nitrogens with zero attached hydrogens (tertiary/aromatic N) is 1. The molecule has 1 aromatic heterocycles. The molecule has 1 amide bonds. The number of aryl methyl sites for hydroxylation is 1. The molecule has 0 aliphatic carbocycles. The number of aromatic nitrogens is 1. The third-order valence-electron chi connectivity index (χ3n) is 2.83. The van der Waals surface area contributed by atoms with E-state index in [1.54, 1.807) is 25.1 Å². The van der Waals surface area contributed by atoms with Crippen LogP contribution in [0.25, 0.3) is 0 Å². The summed E-state index contributed by atoms with van der Waals surface area (Å²) in [6, 6.07) is 10.6. The molecule has 1 aromatic carbocycles. The fraction of sp³-hybridized carbons (Fsp3) is 0.200. The number of halogens is 1. The van der Waals surface area contributed by atoms with Crippen molar-refractivity contribution in [2.75, 3.05) is 6.54 Å². The van der Waals surface area contributed by atoms with Crippen molar-refractivity contribution in [1.29, 1.82) is 0 Å². The minimum Gasteiger partial charge on any atom is -0.387 e. The number of carbonyl (C=O) groups is 1. The van der Waals surface area contributed by atoms with Gasteiger partial charge in [-0.05, 0) is 36.8 Å². The average molecular weight is 274 g/mol. The van der Waals surface area contributed by atoms with E-state index in [0.717, 1.165) is 5.69 Å². The molecule has 0 saturated heterocycles. The molecule has 0 bridgehead atoms. The van der Waals surface area contributed by atoms with E-state index in [1.807, 2.05) is 0 Å². The molecule has 0 radical (unpaired) electrons. The molecular formula is C15H15FN2O2. The van der Waals surface area contributed by atoms with Gasteiger partial charge >= 0.3 is 0 Å². The van der Waals surface area contributed by atoms with Gasteiger partial charge in [-0.25, -0.2) is 9.37 Å². The summed E-state index contributed by atoms with van der Waals surface area (Å²) in [5, 5.41) is 12.5. The Kier molecular flexibility index (Phi) is 4.42. The quantitative estimate of drug-likeness (QED) is 0.896. The van der Waals surface area contributed by atoms with E-state index in [9.17, 15) is 14.3 Å². The summed E-state index contributed by atoms with van der Waals surface area (Å²) in [6.07, 6.45) is -0.885. The molecule has 20 heavy (non-hydrogen) atoms. The van der Waals surface area contributed by atoms with Crippen LogP contribution in [0.1, 0.15) is 27.8 Å². The summed E-state index contributed by atoms with van der Waals surface area (Å²) in [5.74, 6) is -0.719. The van der Waals surface area contributed by atoms with Gasteiger partial charge in [-0.3, -0.25) is 4.79 Å². The van der Waals surface area contributed by atoms with Crippen molar-refractivity contribution < 1.29 is 14.3 Å². The zero-order valence-corrected chi connectivity index (χ0v) is 11.0. The van der Waals surface area contributed by atoms with Gasteiger partial charge in [-0.2, -0.15) is 0 Å². The lowest BCUT2D eigenvalue weighted by molar-refractivity contribution is 0.0911. The summed E-state index contributed by atoms with van der Waals surface area (Å²) >= 11 is 0. The van der Waals surface area contributed by atoms with Gasteiger partial charge in [0.2, 0.25) is 0 Å². The van der Waals surface area contributed by atoms with Gasteiger partial charge in [0.15, 0.2) is 0 Å². The second-order valence-corrected chi connectivity index (χ2v) is 4.44. The topological polar surface area (TPSA) is 62.2 Å². The van der Waals surface area contributed by atoms with Crippen LogP contribution in [0.3, 0.4) is 0 Å². The molecule has 0 aliphatic rings. The van der Waals surface area contributed by atoms with Crippen LogP contribution in [0.2, 0.25) is 0 Å². The van der Waals surface area contributed by atoms with Gasteiger partial charge in [0.1, 0.15) is 11.5 Å². The molecule has 0 fully saturated rings. The molecule has 1 atom stereocenters. The summed E-state index contributed by atoms with van der Waals surface area (Å²) in [7, 11) is 0. The highest BCUT2D eigenvalue weighted by atomic mass is 19.1. The minimum atomic E-state index is -0.885. The van der Waals surface area contributed by atoms with Crippen molar-refractivity contribution in [3.63, 3.8) is 0 Å². The lowest BCUT2D eigenvalue weighted by Gasteiger charge is -2.12. The third-order valence-corrected chi connectivity index (χ3v) is 2.83. The van der Waals surface area contributed by atoms with Crippen LogP contribution in [-0.4, -0.2) is 22.5 Å². The Labute approximate surface area is 116 Å². The van der Waals surface area contributed by atoms with Crippen molar-refractivity contribution >= 4 is 5.91 Å². The number of hydrogen-bond donors (Lipinski definition) is 2. The normalized spacial score (nSPS) is 11.9. The molecule has 5 heteroatoms. The Balaban J connectivity index is 1.94. The number of nitrogens with one attached hydrogen (secondary N) is 1. The Morgan fingerprint density at radius 1 is 1.30 bits per heavy atom. The molecule has 1 heterocycles. The molecule has 4 nitrogen and oxygen atoms in total. The first-order chi connectivity index (χ1) is 9.56. The van der Waals surface area contributed by atoms with Gasteiger partial charge < -0.3 is 10.4 Å². The first-order valence-corrected chi connectivity index (χ1v) is 6.21. The number of aliphatic hydroxyl groups is 1. The first-order valence-electron chi connectivity index (χ1n) is 6.21. The highest BCUT2D eigenvalue weighted by Crippen LogP contribution is 2.12. The van der Waals surface area contributed by atoms with Crippen LogP contribution < -0.4 is 5.32 Å². The monoisotopic (exact) mass is 274 g/mol. The van der Waals surface area contributed by atoms with Gasteiger partial charge in [-0.1, -0.05) is 18.2 Å². The maximum atomic E-state index is 12.8. The van der Waals surface area contributed by atoms with Crippen LogP contribution >= 0.6 is 0 Å². The average Bonchev–Trinajstić information content (AvgIpc) is 2.45. The number of amides is 1. The van der Waals surface area contributed by atoms with Gasteiger partial charge in [0.05, 0.1) is 6.10 Å². The molecule has 2 N–H and O–H groups in total. The minimum absolute atomic E-state index is 0.0418. The van der Waals surface area contributed by atoms with E-state index in [2.05, 4.69) is 10.3 Å². The molecule has 0 aliphatic heterocycles. The van der Waals surface area contributed by atoms with Crippen LogP contribution in [0, 0.1) is 12.7 Å². The third kappa shape index (κ3) is 3.61. The van der Waals surface area contributed by atoms with Gasteiger partial charge in [0, 0.05) is 12.2 Å². The highest BCUT2D eigenvalue weighted by molar-refractivity contribution is 5.92. The van der Waals surface area contributed by atoms with Crippen LogP contribution in [0.5, 0.6) is 0 Å². The van der Waals surface area contributed by atoms with Crippen LogP contribution in [0.15, 0.2) is 42.5 Å². The SMILES string of the molecule is Cc1cccc(C(=O)NCC(O)c2ccc(F)cc2)n1. The Bertz CT molecular complexity index is 599. The maximum Gasteiger partial charge on any atom is 0.269 e. The van der Waals surface area contributed by atoms with Crippen LogP contribution in [-0.2, 0) is 0 Å². The van der Waals surface area contributed by atoms with E-state index in [-0.39, 0.29) is 18.3 Å². The summed E-state index contributed by atoms with van der Waals surface area (Å²) < 4.78 is 12.8. The van der Waals surface area contributed by atoms with Crippen LogP contribution in [0.4, 0.5) is 4.39 Å². The van der Waals surface area contributed by atoms with Gasteiger partial charge in [-0.15, -0.1) is 0 Å². The largest absolute Gasteiger partial charge is 0.387 e. The molecule has 2 aromatic rings. The number of carbonyl (C=O) groups excluding carboxylic acids is 1. The molecule has 0 spiro atoms. The number of rotatable bonds is 4. The van der Waals surface area contributed by atoms with Crippen molar-refractivity contribution in [3.05, 3.63) is 65.2 Å². The van der Waals surface area contributed by atoms with Gasteiger partial charge in [0.25, 0.3) is 5.91 Å². The number of aliphatic hydroxyl groups excluding tert-OH is 1. The summed E-state index contributed by atoms with van der Waals surface area (Å²) in [6.45, 7) is 1.84. The lowest BCUT2D eigenvalue weighted by Crippen LogP contribution is -2.29. The second-order valence-electron chi connectivity index (χ2n) is 4.44. The predicted octanol–water partition coefficient (Wildman–Crippen LogP) is 1.99. The van der Waals surface area contributed by atoms with E-state index in [0.29, 0.717) is 11.3 Å². The number of pyridine rings is 1. The predicted molar refractivity (Wildman–Crippen MR) is 72.7 cm³/mol. The van der Waals surface area contributed by atoms with E-state index >= 15 is 0 Å². The van der Waals surface area contributed by atoms with Crippen molar-refractivity contribution in [2.24, 2.45) is 0 Å². The van der Waals surface area contributed by atoms with E-state index in [1.165, 1.54) is 24.3 Å². The molecule has 0 saturated carbocycles. The molecule has 1 unspecified atom stereocenters. The van der Waals surface area contributed by atoms with Crippen molar-refractivity contribution in [3.8, 4) is 0 Å². The maximum absolute atomic E-state index is 12.8. The highest BCUT2D eigenvalue weighted by Gasteiger charge is 2.11.